The van der Waals surface area contributed by atoms with Gasteiger partial charge in [-0.15, -0.1) is 0 Å². The summed E-state index contributed by atoms with van der Waals surface area (Å²) < 4.78 is 15.5. The molecule has 0 unspecified atom stereocenters. The topological polar surface area (TPSA) is 55.1 Å². The van der Waals surface area contributed by atoms with Gasteiger partial charge in [-0.1, -0.05) is 11.6 Å². The van der Waals surface area contributed by atoms with E-state index in [1.165, 1.54) is 29.9 Å². The fourth-order valence-corrected chi connectivity index (χ4v) is 2.14. The number of benzene rings is 1. The van der Waals surface area contributed by atoms with Crippen molar-refractivity contribution < 1.29 is 14.3 Å². The second-order valence-electron chi connectivity index (χ2n) is 3.56. The largest absolute Gasteiger partial charge is 0.476 e. The van der Waals surface area contributed by atoms with E-state index in [0.717, 1.165) is 0 Å². The van der Waals surface area contributed by atoms with Gasteiger partial charge in [0.1, 0.15) is 5.82 Å². The highest BCUT2D eigenvalue weighted by molar-refractivity contribution is 9.10. The summed E-state index contributed by atoms with van der Waals surface area (Å²) in [4.78, 5) is 10.8. The summed E-state index contributed by atoms with van der Waals surface area (Å²) in [7, 11) is 1.53. The van der Waals surface area contributed by atoms with Crippen molar-refractivity contribution >= 4 is 33.5 Å². The lowest BCUT2D eigenvalue weighted by molar-refractivity contribution is 0.0689. The van der Waals surface area contributed by atoms with Crippen LogP contribution in [0.1, 0.15) is 10.5 Å². The number of hydrogen-bond donors (Lipinski definition) is 1. The average molecular weight is 334 g/mol. The van der Waals surface area contributed by atoms with Gasteiger partial charge >= 0.3 is 5.97 Å². The molecule has 1 heterocycles. The van der Waals surface area contributed by atoms with Crippen molar-refractivity contribution in [3.8, 4) is 11.3 Å². The zero-order valence-corrected chi connectivity index (χ0v) is 11.5. The van der Waals surface area contributed by atoms with Crippen molar-refractivity contribution in [2.75, 3.05) is 0 Å². The van der Waals surface area contributed by atoms with Crippen LogP contribution in [0.4, 0.5) is 4.39 Å². The summed E-state index contributed by atoms with van der Waals surface area (Å²) in [6.45, 7) is 0. The molecule has 0 atom stereocenters. The lowest BCUT2D eigenvalue weighted by Crippen LogP contribution is -2.00. The van der Waals surface area contributed by atoms with Crippen LogP contribution in [-0.4, -0.2) is 20.9 Å². The number of carbonyl (C=O) groups is 1. The second-order valence-corrected chi connectivity index (χ2v) is 4.82. The molecule has 0 saturated carbocycles. The Hall–Kier alpha value is -1.40. The Morgan fingerprint density at radius 1 is 1.56 bits per heavy atom. The SMILES string of the molecule is Cn1nc(C(=O)O)cc1-c1c(Cl)ccc(Br)c1F. The molecule has 0 spiro atoms. The molecule has 2 aromatic rings. The summed E-state index contributed by atoms with van der Waals surface area (Å²) in [6, 6.07) is 4.28. The Kier molecular flexibility index (Phi) is 3.41. The smallest absolute Gasteiger partial charge is 0.356 e. The van der Waals surface area contributed by atoms with Gasteiger partial charge in [0, 0.05) is 7.05 Å². The first-order valence-electron chi connectivity index (χ1n) is 4.83. The average Bonchev–Trinajstić information content (AvgIpc) is 2.67. The number of aromatic nitrogens is 2. The van der Waals surface area contributed by atoms with Gasteiger partial charge in [0.2, 0.25) is 0 Å². The Balaban J connectivity index is 2.69. The molecular weight excluding hydrogens is 326 g/mol. The Morgan fingerprint density at radius 3 is 2.78 bits per heavy atom. The molecule has 4 nitrogen and oxygen atoms in total. The van der Waals surface area contributed by atoms with E-state index in [9.17, 15) is 9.18 Å². The number of carboxylic acids is 1. The highest BCUT2D eigenvalue weighted by atomic mass is 79.9. The van der Waals surface area contributed by atoms with Crippen LogP contribution in [0, 0.1) is 5.82 Å². The third kappa shape index (κ3) is 2.13. The van der Waals surface area contributed by atoms with Crippen molar-refractivity contribution in [3.63, 3.8) is 0 Å². The highest BCUT2D eigenvalue weighted by Crippen LogP contribution is 2.34. The van der Waals surface area contributed by atoms with E-state index in [1.54, 1.807) is 0 Å². The van der Waals surface area contributed by atoms with Crippen LogP contribution in [0.5, 0.6) is 0 Å². The van der Waals surface area contributed by atoms with Crippen molar-refractivity contribution in [2.24, 2.45) is 7.05 Å². The minimum absolute atomic E-state index is 0.119. The first-order chi connectivity index (χ1) is 8.41. The number of carboxylic acid groups (broad SMARTS) is 1. The van der Waals surface area contributed by atoms with Gasteiger partial charge < -0.3 is 5.11 Å². The van der Waals surface area contributed by atoms with Gasteiger partial charge in [0.25, 0.3) is 0 Å². The molecule has 94 valence electrons. The molecule has 7 heteroatoms. The number of aromatic carboxylic acids is 1. The molecule has 1 aromatic heterocycles. The van der Waals surface area contributed by atoms with Gasteiger partial charge in [0.05, 0.1) is 20.8 Å². The van der Waals surface area contributed by atoms with Crippen molar-refractivity contribution in [1.82, 2.24) is 9.78 Å². The Morgan fingerprint density at radius 2 is 2.22 bits per heavy atom. The van der Waals surface area contributed by atoms with E-state index >= 15 is 0 Å². The van der Waals surface area contributed by atoms with Gasteiger partial charge in [0.15, 0.2) is 5.69 Å². The van der Waals surface area contributed by atoms with Crippen LogP contribution in [0.25, 0.3) is 11.3 Å². The lowest BCUT2D eigenvalue weighted by atomic mass is 10.1. The zero-order valence-electron chi connectivity index (χ0n) is 9.12. The van der Waals surface area contributed by atoms with Crippen LogP contribution in [-0.2, 0) is 7.05 Å². The standard InChI is InChI=1S/C11H7BrClFN2O2/c1-16-8(4-7(15-16)11(17)18)9-6(13)3-2-5(12)10(9)14/h2-4H,1H3,(H,17,18). The quantitative estimate of drug-likeness (QED) is 0.858. The molecular formula is C11H7BrClFN2O2. The zero-order chi connectivity index (χ0) is 13.4. The normalized spacial score (nSPS) is 10.7. The third-order valence-corrected chi connectivity index (χ3v) is 3.33. The van der Waals surface area contributed by atoms with E-state index in [1.807, 2.05) is 0 Å². The van der Waals surface area contributed by atoms with Crippen LogP contribution in [0.3, 0.4) is 0 Å². The fourth-order valence-electron chi connectivity index (χ4n) is 1.57. The maximum absolute atomic E-state index is 14.0. The predicted molar refractivity (Wildman–Crippen MR) is 68.3 cm³/mol. The first-order valence-corrected chi connectivity index (χ1v) is 6.00. The third-order valence-electron chi connectivity index (χ3n) is 2.40. The van der Waals surface area contributed by atoms with Crippen LogP contribution >= 0.6 is 27.5 Å². The first kappa shape index (κ1) is 13.0. The molecule has 0 bridgehead atoms. The number of halogens is 3. The van der Waals surface area contributed by atoms with Gasteiger partial charge in [-0.25, -0.2) is 9.18 Å². The Labute approximate surface area is 115 Å². The van der Waals surface area contributed by atoms with E-state index in [0.29, 0.717) is 5.69 Å². The monoisotopic (exact) mass is 332 g/mol. The molecule has 1 aromatic carbocycles. The molecule has 0 aliphatic rings. The van der Waals surface area contributed by atoms with Crippen molar-refractivity contribution in [1.29, 1.82) is 0 Å². The highest BCUT2D eigenvalue weighted by Gasteiger charge is 2.19. The van der Waals surface area contributed by atoms with E-state index < -0.39 is 11.8 Å². The van der Waals surface area contributed by atoms with Gasteiger partial charge in [-0.3, -0.25) is 4.68 Å². The van der Waals surface area contributed by atoms with Gasteiger partial charge in [-0.2, -0.15) is 5.10 Å². The molecule has 0 fully saturated rings. The number of aryl methyl sites for hydroxylation is 1. The lowest BCUT2D eigenvalue weighted by Gasteiger charge is -2.07. The maximum Gasteiger partial charge on any atom is 0.356 e. The number of nitrogens with zero attached hydrogens (tertiary/aromatic N) is 2. The second kappa shape index (κ2) is 4.70. The predicted octanol–water partition coefficient (Wildman–Crippen LogP) is 3.34. The summed E-state index contributed by atoms with van der Waals surface area (Å²) in [5.74, 6) is -1.73. The number of hydrogen-bond acceptors (Lipinski definition) is 2. The summed E-state index contributed by atoms with van der Waals surface area (Å²) in [5, 5.41) is 12.8. The van der Waals surface area contributed by atoms with E-state index in [2.05, 4.69) is 21.0 Å². The molecule has 0 saturated heterocycles. The molecule has 0 radical (unpaired) electrons. The molecule has 0 aliphatic heterocycles. The summed E-state index contributed by atoms with van der Waals surface area (Å²) >= 11 is 9.01. The van der Waals surface area contributed by atoms with Crippen molar-refractivity contribution in [3.05, 3.63) is 39.2 Å². The van der Waals surface area contributed by atoms with Crippen LogP contribution < -0.4 is 0 Å². The van der Waals surface area contributed by atoms with Crippen LogP contribution in [0.15, 0.2) is 22.7 Å². The van der Waals surface area contributed by atoms with E-state index in [4.69, 9.17) is 16.7 Å². The maximum atomic E-state index is 14.0. The van der Waals surface area contributed by atoms with Crippen molar-refractivity contribution in [2.45, 2.75) is 0 Å². The molecule has 0 aliphatic carbocycles. The summed E-state index contributed by atoms with van der Waals surface area (Å²) in [5.41, 5.74) is 0.257. The summed E-state index contributed by atoms with van der Waals surface area (Å²) in [6.07, 6.45) is 0. The minimum Gasteiger partial charge on any atom is -0.476 e. The van der Waals surface area contributed by atoms with Crippen LogP contribution in [0.2, 0.25) is 5.02 Å². The van der Waals surface area contributed by atoms with E-state index in [-0.39, 0.29) is 20.8 Å². The molecule has 18 heavy (non-hydrogen) atoms. The van der Waals surface area contributed by atoms with Gasteiger partial charge in [-0.05, 0) is 34.1 Å². The molecule has 2 rings (SSSR count). The Bertz CT molecular complexity index is 642. The number of rotatable bonds is 2. The molecule has 1 N–H and O–H groups in total. The minimum atomic E-state index is -1.18. The fraction of sp³-hybridized carbons (Fsp3) is 0.0909. The molecule has 0 amide bonds.